The summed E-state index contributed by atoms with van der Waals surface area (Å²) < 4.78 is 46.1. The molecule has 0 amide bonds. The number of aliphatic hydroxyl groups is 1. The van der Waals surface area contributed by atoms with Crippen molar-refractivity contribution < 1.29 is 23.0 Å². The molecule has 13 heteroatoms. The molecule has 0 radical (unpaired) electrons. The minimum atomic E-state index is -4.67. The van der Waals surface area contributed by atoms with Gasteiger partial charge in [0, 0.05) is 42.0 Å². The standard InChI is InChI=1S/C22H21F3N8O2/c1-13-16(17-10-20(32-4-6-35-7-5-32)33-19(30-17)2-3-28-33)9-15(12-26-13)29-21(34)14-8-18(22(23,24)25)31-27-11-14/h2-3,8-12,21,29,34H,4-7H2,1H3. The molecule has 0 aliphatic carbocycles. The highest BCUT2D eigenvalue weighted by Gasteiger charge is 2.33. The first-order valence-corrected chi connectivity index (χ1v) is 10.8. The molecule has 0 aromatic carbocycles. The predicted octanol–water partition coefficient (Wildman–Crippen LogP) is 2.85. The van der Waals surface area contributed by atoms with E-state index in [9.17, 15) is 18.3 Å². The van der Waals surface area contributed by atoms with Crippen LogP contribution in [0.1, 0.15) is 23.2 Å². The zero-order chi connectivity index (χ0) is 24.6. The highest BCUT2D eigenvalue weighted by Crippen LogP contribution is 2.31. The number of halogens is 3. The van der Waals surface area contributed by atoms with Gasteiger partial charge in [0.2, 0.25) is 0 Å². The molecule has 0 saturated carbocycles. The first-order chi connectivity index (χ1) is 16.8. The summed E-state index contributed by atoms with van der Waals surface area (Å²) in [6, 6.07) is 6.20. The van der Waals surface area contributed by atoms with Gasteiger partial charge in [-0.15, -0.1) is 5.10 Å². The van der Waals surface area contributed by atoms with Gasteiger partial charge < -0.3 is 20.1 Å². The molecule has 1 fully saturated rings. The largest absolute Gasteiger partial charge is 0.435 e. The van der Waals surface area contributed by atoms with Crippen molar-refractivity contribution in [1.82, 2.24) is 29.8 Å². The molecule has 1 saturated heterocycles. The first-order valence-electron chi connectivity index (χ1n) is 10.8. The van der Waals surface area contributed by atoms with Gasteiger partial charge in [0.1, 0.15) is 5.82 Å². The Morgan fingerprint density at radius 2 is 1.94 bits per heavy atom. The predicted molar refractivity (Wildman–Crippen MR) is 120 cm³/mol. The van der Waals surface area contributed by atoms with E-state index in [0.717, 1.165) is 18.1 Å². The molecule has 0 bridgehead atoms. The quantitative estimate of drug-likeness (QED) is 0.411. The van der Waals surface area contributed by atoms with Crippen molar-refractivity contribution in [2.45, 2.75) is 19.3 Å². The molecule has 0 spiro atoms. The van der Waals surface area contributed by atoms with E-state index in [1.54, 1.807) is 22.8 Å². The lowest BCUT2D eigenvalue weighted by Gasteiger charge is -2.29. The number of aromatic nitrogens is 6. The number of ether oxygens (including phenoxy) is 1. The number of aryl methyl sites for hydroxylation is 1. The maximum atomic E-state index is 13.0. The second kappa shape index (κ2) is 9.07. The molecular weight excluding hydrogens is 465 g/mol. The van der Waals surface area contributed by atoms with Crippen LogP contribution in [0.4, 0.5) is 24.7 Å². The van der Waals surface area contributed by atoms with Crippen LogP contribution in [0.25, 0.3) is 16.9 Å². The number of pyridine rings is 1. The van der Waals surface area contributed by atoms with Gasteiger partial charge in [0.25, 0.3) is 0 Å². The average molecular weight is 486 g/mol. The van der Waals surface area contributed by atoms with Crippen molar-refractivity contribution in [3.05, 3.63) is 59.8 Å². The van der Waals surface area contributed by atoms with Crippen molar-refractivity contribution in [1.29, 1.82) is 0 Å². The van der Waals surface area contributed by atoms with Gasteiger partial charge in [-0.3, -0.25) is 4.98 Å². The van der Waals surface area contributed by atoms with Crippen molar-refractivity contribution in [2.24, 2.45) is 0 Å². The number of fused-ring (bicyclic) bond motifs is 1. The van der Waals surface area contributed by atoms with Crippen molar-refractivity contribution in [3.8, 4) is 11.3 Å². The molecule has 5 rings (SSSR count). The number of alkyl halides is 3. The number of morpholine rings is 1. The highest BCUT2D eigenvalue weighted by molar-refractivity contribution is 5.71. The Kier molecular flexibility index (Phi) is 5.94. The van der Waals surface area contributed by atoms with Crippen LogP contribution in [-0.2, 0) is 10.9 Å². The summed E-state index contributed by atoms with van der Waals surface area (Å²) in [7, 11) is 0. The molecule has 1 atom stereocenters. The minimum Gasteiger partial charge on any atom is -0.378 e. The van der Waals surface area contributed by atoms with Gasteiger partial charge in [-0.1, -0.05) is 0 Å². The third-order valence-electron chi connectivity index (χ3n) is 5.62. The Morgan fingerprint density at radius 1 is 1.14 bits per heavy atom. The second-order valence-corrected chi connectivity index (χ2v) is 7.98. The normalized spacial score (nSPS) is 15.4. The summed E-state index contributed by atoms with van der Waals surface area (Å²) in [5.41, 5.74) is 1.82. The zero-order valence-electron chi connectivity index (χ0n) is 18.6. The average Bonchev–Trinajstić information content (AvgIpc) is 3.33. The van der Waals surface area contributed by atoms with Crippen molar-refractivity contribution in [3.63, 3.8) is 0 Å². The number of aliphatic hydroxyl groups excluding tert-OH is 1. The first kappa shape index (κ1) is 22.9. The Hall–Kier alpha value is -3.84. The van der Waals surface area contributed by atoms with Crippen molar-refractivity contribution in [2.75, 3.05) is 36.5 Å². The number of nitrogens with zero attached hydrogens (tertiary/aromatic N) is 7. The third-order valence-corrected chi connectivity index (χ3v) is 5.62. The molecule has 35 heavy (non-hydrogen) atoms. The van der Waals surface area contributed by atoms with Crippen LogP contribution in [0.2, 0.25) is 0 Å². The van der Waals surface area contributed by atoms with Gasteiger partial charge >= 0.3 is 6.18 Å². The van der Waals surface area contributed by atoms with Crippen LogP contribution < -0.4 is 10.2 Å². The molecule has 1 aliphatic heterocycles. The van der Waals surface area contributed by atoms with E-state index in [1.807, 2.05) is 13.0 Å². The van der Waals surface area contributed by atoms with E-state index in [1.165, 1.54) is 6.20 Å². The summed E-state index contributed by atoms with van der Waals surface area (Å²) in [6.07, 6.45) is -1.90. The molecular formula is C22H21F3N8O2. The monoisotopic (exact) mass is 486 g/mol. The Balaban J connectivity index is 1.47. The van der Waals surface area contributed by atoms with E-state index in [4.69, 9.17) is 9.72 Å². The number of anilines is 2. The molecule has 4 aromatic heterocycles. The van der Waals surface area contributed by atoms with E-state index >= 15 is 0 Å². The van der Waals surface area contributed by atoms with Crippen LogP contribution in [0.3, 0.4) is 0 Å². The van der Waals surface area contributed by atoms with Crippen molar-refractivity contribution >= 4 is 17.2 Å². The molecule has 1 aliphatic rings. The third kappa shape index (κ3) is 4.72. The fourth-order valence-corrected chi connectivity index (χ4v) is 3.83. The fourth-order valence-electron chi connectivity index (χ4n) is 3.83. The summed E-state index contributed by atoms with van der Waals surface area (Å²) in [5, 5.41) is 24.1. The van der Waals surface area contributed by atoms with E-state index in [2.05, 4.69) is 30.5 Å². The molecule has 5 heterocycles. The number of rotatable bonds is 5. The summed E-state index contributed by atoms with van der Waals surface area (Å²) >= 11 is 0. The maximum absolute atomic E-state index is 13.0. The lowest BCUT2D eigenvalue weighted by molar-refractivity contribution is -0.141. The molecule has 4 aromatic rings. The Morgan fingerprint density at radius 3 is 2.71 bits per heavy atom. The van der Waals surface area contributed by atoms with Crippen LogP contribution >= 0.6 is 0 Å². The van der Waals surface area contributed by atoms with Gasteiger partial charge in [0.05, 0.1) is 43.2 Å². The molecule has 2 N–H and O–H groups in total. The van der Waals surface area contributed by atoms with Crippen LogP contribution in [0.15, 0.2) is 42.9 Å². The molecule has 10 nitrogen and oxygen atoms in total. The van der Waals surface area contributed by atoms with Gasteiger partial charge in [-0.25, -0.2) is 4.98 Å². The van der Waals surface area contributed by atoms with Crippen LogP contribution in [0.5, 0.6) is 0 Å². The number of nitrogens with one attached hydrogen (secondary N) is 1. The zero-order valence-corrected chi connectivity index (χ0v) is 18.6. The van der Waals surface area contributed by atoms with E-state index < -0.39 is 18.1 Å². The topological polar surface area (TPSA) is 114 Å². The van der Waals surface area contributed by atoms with Gasteiger partial charge in [-0.05, 0) is 19.1 Å². The second-order valence-electron chi connectivity index (χ2n) is 7.98. The van der Waals surface area contributed by atoms with E-state index in [0.29, 0.717) is 54.6 Å². The smallest absolute Gasteiger partial charge is 0.378 e. The Bertz CT molecular complexity index is 1350. The lowest BCUT2D eigenvalue weighted by atomic mass is 10.1. The van der Waals surface area contributed by atoms with Gasteiger partial charge in [-0.2, -0.15) is 27.9 Å². The number of hydrogen-bond acceptors (Lipinski definition) is 9. The van der Waals surface area contributed by atoms with E-state index in [-0.39, 0.29) is 5.56 Å². The minimum absolute atomic E-state index is 0.0807. The summed E-state index contributed by atoms with van der Waals surface area (Å²) in [6.45, 7) is 4.47. The van der Waals surface area contributed by atoms with Crippen LogP contribution in [0, 0.1) is 6.92 Å². The Labute approximate surface area is 197 Å². The highest BCUT2D eigenvalue weighted by atomic mass is 19.4. The summed E-state index contributed by atoms with van der Waals surface area (Å²) in [5.74, 6) is 0.860. The SMILES string of the molecule is Cc1ncc(NC(O)c2cnnc(C(F)(F)F)c2)cc1-c1cc(N2CCOCC2)n2nccc2n1. The van der Waals surface area contributed by atoms with Gasteiger partial charge in [0.15, 0.2) is 17.6 Å². The van der Waals surface area contributed by atoms with Crippen LogP contribution in [-0.4, -0.2) is 61.2 Å². The fraction of sp³-hybridized carbons (Fsp3) is 0.318. The lowest BCUT2D eigenvalue weighted by Crippen LogP contribution is -2.37. The summed E-state index contributed by atoms with van der Waals surface area (Å²) in [4.78, 5) is 11.3. The number of hydrogen-bond donors (Lipinski definition) is 2. The molecule has 182 valence electrons. The molecule has 1 unspecified atom stereocenters. The maximum Gasteiger partial charge on any atom is 0.435 e.